The van der Waals surface area contributed by atoms with E-state index in [1.165, 1.54) is 0 Å². The van der Waals surface area contributed by atoms with Crippen molar-refractivity contribution in [3.8, 4) is 0 Å². The van der Waals surface area contributed by atoms with Crippen LogP contribution in [-0.2, 0) is 6.54 Å². The first-order valence-electron chi connectivity index (χ1n) is 3.48. The number of nitrogens with zero attached hydrogens (tertiary/aromatic N) is 1. The fraction of sp³-hybridized carbons (Fsp3) is 0.375. The summed E-state index contributed by atoms with van der Waals surface area (Å²) in [5.74, 6) is 0.294. The lowest BCUT2D eigenvalue weighted by molar-refractivity contribution is 0.0994. The molecule has 0 saturated heterocycles. The first-order chi connectivity index (χ1) is 4.79. The van der Waals surface area contributed by atoms with Crippen LogP contribution >= 0.6 is 0 Å². The van der Waals surface area contributed by atoms with E-state index in [0.29, 0.717) is 12.2 Å². The number of ketones is 1. The van der Waals surface area contributed by atoms with Crippen molar-refractivity contribution >= 4 is 5.78 Å². The Balaban J connectivity index is 2.65. The fourth-order valence-corrected chi connectivity index (χ4v) is 1.49. The van der Waals surface area contributed by atoms with E-state index < -0.39 is 0 Å². The molecule has 2 heteroatoms. The van der Waals surface area contributed by atoms with E-state index in [9.17, 15) is 4.79 Å². The van der Waals surface area contributed by atoms with E-state index in [-0.39, 0.29) is 0 Å². The van der Waals surface area contributed by atoms with Gasteiger partial charge < -0.3 is 4.57 Å². The molecule has 0 spiro atoms. The summed E-state index contributed by atoms with van der Waals surface area (Å²) in [6.07, 6.45) is 2.67. The van der Waals surface area contributed by atoms with Crippen molar-refractivity contribution < 1.29 is 4.79 Å². The maximum atomic E-state index is 11.1. The smallest absolute Gasteiger partial charge is 0.181 e. The monoisotopic (exact) mass is 135 g/mol. The summed E-state index contributed by atoms with van der Waals surface area (Å²) in [6.45, 7) is 2.86. The Hall–Kier alpha value is -1.05. The summed E-state index contributed by atoms with van der Waals surface area (Å²) in [5, 5.41) is 0. The van der Waals surface area contributed by atoms with Gasteiger partial charge in [0.05, 0.1) is 5.69 Å². The first kappa shape index (κ1) is 5.71. The molecular weight excluding hydrogens is 126 g/mol. The van der Waals surface area contributed by atoms with Gasteiger partial charge in [0.1, 0.15) is 0 Å². The number of aryl methyl sites for hydroxylation is 2. The third-order valence-corrected chi connectivity index (χ3v) is 2.01. The number of Topliss-reactive ketones (excluding diaryl/α,β-unsaturated/α-hetero) is 1. The Morgan fingerprint density at radius 1 is 1.60 bits per heavy atom. The fourth-order valence-electron chi connectivity index (χ4n) is 1.49. The van der Waals surface area contributed by atoms with Crippen LogP contribution in [0.15, 0.2) is 12.3 Å². The maximum Gasteiger partial charge on any atom is 0.181 e. The van der Waals surface area contributed by atoms with Gasteiger partial charge in [-0.2, -0.15) is 0 Å². The minimum absolute atomic E-state index is 0.294. The van der Waals surface area contributed by atoms with Crippen LogP contribution in [-0.4, -0.2) is 10.4 Å². The molecule has 2 rings (SSSR count). The van der Waals surface area contributed by atoms with Gasteiger partial charge in [0.2, 0.25) is 0 Å². The molecule has 0 atom stereocenters. The van der Waals surface area contributed by atoms with Gasteiger partial charge in [-0.15, -0.1) is 0 Å². The second-order valence-electron chi connectivity index (χ2n) is 2.71. The molecule has 0 N–H and O–H groups in total. The number of fused-ring (bicyclic) bond motifs is 1. The van der Waals surface area contributed by atoms with Crippen molar-refractivity contribution in [2.75, 3.05) is 0 Å². The minimum atomic E-state index is 0.294. The van der Waals surface area contributed by atoms with Crippen molar-refractivity contribution in [3.05, 3.63) is 23.5 Å². The van der Waals surface area contributed by atoms with Crippen molar-refractivity contribution in [1.29, 1.82) is 0 Å². The molecule has 0 aromatic carbocycles. The van der Waals surface area contributed by atoms with Crippen molar-refractivity contribution in [2.45, 2.75) is 19.9 Å². The summed E-state index contributed by atoms with van der Waals surface area (Å²) in [7, 11) is 0. The molecule has 0 unspecified atom stereocenters. The summed E-state index contributed by atoms with van der Waals surface area (Å²) in [5.41, 5.74) is 2.03. The molecule has 0 radical (unpaired) electrons. The second-order valence-corrected chi connectivity index (χ2v) is 2.71. The lowest BCUT2D eigenvalue weighted by Crippen LogP contribution is -1.93. The number of hydrogen-bond donors (Lipinski definition) is 0. The highest BCUT2D eigenvalue weighted by molar-refractivity contribution is 5.97. The van der Waals surface area contributed by atoms with E-state index in [1.54, 1.807) is 0 Å². The predicted molar refractivity (Wildman–Crippen MR) is 38.1 cm³/mol. The molecule has 0 aliphatic carbocycles. The molecule has 52 valence electrons. The second kappa shape index (κ2) is 1.72. The van der Waals surface area contributed by atoms with Crippen molar-refractivity contribution in [1.82, 2.24) is 4.57 Å². The Kier molecular flexibility index (Phi) is 0.982. The van der Waals surface area contributed by atoms with Gasteiger partial charge in [-0.1, -0.05) is 0 Å². The van der Waals surface area contributed by atoms with Crippen LogP contribution in [0.25, 0.3) is 0 Å². The molecular formula is C8H9NO. The maximum absolute atomic E-state index is 11.1. The van der Waals surface area contributed by atoms with Gasteiger partial charge in [0.15, 0.2) is 5.78 Å². The number of hydrogen-bond acceptors (Lipinski definition) is 1. The summed E-state index contributed by atoms with van der Waals surface area (Å²) in [4.78, 5) is 11.1. The quantitative estimate of drug-likeness (QED) is 0.526. The zero-order valence-corrected chi connectivity index (χ0v) is 5.92. The largest absolute Gasteiger partial charge is 0.344 e. The highest BCUT2D eigenvalue weighted by Gasteiger charge is 2.20. The van der Waals surface area contributed by atoms with Crippen LogP contribution in [0, 0.1) is 6.92 Å². The topological polar surface area (TPSA) is 22.0 Å². The summed E-state index contributed by atoms with van der Waals surface area (Å²) in [6, 6.07) is 1.99. The lowest BCUT2D eigenvalue weighted by Gasteiger charge is -1.91. The molecule has 1 aromatic rings. The van der Waals surface area contributed by atoms with E-state index in [1.807, 2.05) is 23.8 Å². The third-order valence-electron chi connectivity index (χ3n) is 2.01. The van der Waals surface area contributed by atoms with Crippen molar-refractivity contribution in [2.24, 2.45) is 0 Å². The van der Waals surface area contributed by atoms with Crippen LogP contribution in [0.1, 0.15) is 22.5 Å². The summed E-state index contributed by atoms with van der Waals surface area (Å²) < 4.78 is 2.03. The molecule has 2 heterocycles. The average molecular weight is 135 g/mol. The number of rotatable bonds is 0. The molecule has 0 amide bonds. The van der Waals surface area contributed by atoms with Crippen LogP contribution in [0.3, 0.4) is 0 Å². The average Bonchev–Trinajstić information content (AvgIpc) is 2.40. The highest BCUT2D eigenvalue weighted by atomic mass is 16.1. The lowest BCUT2D eigenvalue weighted by atomic mass is 10.2. The number of aromatic nitrogens is 1. The molecule has 1 aromatic heterocycles. The van der Waals surface area contributed by atoms with Gasteiger partial charge in [0, 0.05) is 19.2 Å². The zero-order valence-electron chi connectivity index (χ0n) is 5.92. The number of carbonyl (C=O) groups excluding carboxylic acids is 1. The van der Waals surface area contributed by atoms with Crippen LogP contribution in [0.4, 0.5) is 0 Å². The minimum Gasteiger partial charge on any atom is -0.344 e. The Morgan fingerprint density at radius 3 is 3.10 bits per heavy atom. The number of carbonyl (C=O) groups is 1. The van der Waals surface area contributed by atoms with E-state index in [2.05, 4.69) is 0 Å². The van der Waals surface area contributed by atoms with Gasteiger partial charge in [-0.3, -0.25) is 4.79 Å². The van der Waals surface area contributed by atoms with Gasteiger partial charge in [-0.05, 0) is 18.6 Å². The SMILES string of the molecule is Cc1ccn2c1C(=O)CC2. The molecule has 2 nitrogen and oxygen atoms in total. The Labute approximate surface area is 59.5 Å². The first-order valence-corrected chi connectivity index (χ1v) is 3.48. The molecule has 1 aliphatic heterocycles. The third kappa shape index (κ3) is 0.561. The normalized spacial score (nSPS) is 15.9. The molecule has 0 fully saturated rings. The highest BCUT2D eigenvalue weighted by Crippen LogP contribution is 2.18. The predicted octanol–water partition coefficient (Wildman–Crippen LogP) is 1.38. The van der Waals surface area contributed by atoms with Gasteiger partial charge in [-0.25, -0.2) is 0 Å². The van der Waals surface area contributed by atoms with Gasteiger partial charge in [0.25, 0.3) is 0 Å². The standard InChI is InChI=1S/C8H9NO/c1-6-2-4-9-5-3-7(10)8(6)9/h2,4H,3,5H2,1H3. The molecule has 0 bridgehead atoms. The zero-order chi connectivity index (χ0) is 7.14. The Morgan fingerprint density at radius 2 is 2.40 bits per heavy atom. The summed E-state index contributed by atoms with van der Waals surface area (Å²) >= 11 is 0. The van der Waals surface area contributed by atoms with Gasteiger partial charge >= 0.3 is 0 Å². The van der Waals surface area contributed by atoms with Crippen molar-refractivity contribution in [3.63, 3.8) is 0 Å². The van der Waals surface area contributed by atoms with Crippen LogP contribution in [0.2, 0.25) is 0 Å². The van der Waals surface area contributed by atoms with E-state index in [4.69, 9.17) is 0 Å². The van der Waals surface area contributed by atoms with E-state index >= 15 is 0 Å². The molecule has 1 aliphatic rings. The van der Waals surface area contributed by atoms with Crippen LogP contribution in [0.5, 0.6) is 0 Å². The molecule has 10 heavy (non-hydrogen) atoms. The Bertz CT molecular complexity index is 285. The van der Waals surface area contributed by atoms with Crippen LogP contribution < -0.4 is 0 Å². The molecule has 0 saturated carbocycles. The van der Waals surface area contributed by atoms with E-state index in [0.717, 1.165) is 17.8 Å².